The van der Waals surface area contributed by atoms with Crippen molar-refractivity contribution in [3.63, 3.8) is 0 Å². The second-order valence-corrected chi connectivity index (χ2v) is 2.72. The van der Waals surface area contributed by atoms with Crippen LogP contribution >= 0.6 is 12.2 Å². The molecule has 48 valence electrons. The first-order valence-electron chi connectivity index (χ1n) is 2.73. The highest BCUT2D eigenvalue weighted by Crippen LogP contribution is 2.07. The summed E-state index contributed by atoms with van der Waals surface area (Å²) in [6.45, 7) is 0. The van der Waals surface area contributed by atoms with Gasteiger partial charge in [0, 0.05) is 17.7 Å². The fraction of sp³-hybridized carbons (Fsp3) is 0.500. The van der Waals surface area contributed by atoms with Gasteiger partial charge in [0.1, 0.15) is 11.6 Å². The molecule has 0 aromatic heterocycles. The van der Waals surface area contributed by atoms with E-state index in [1.807, 2.05) is 0 Å². The zero-order chi connectivity index (χ0) is 6.85. The summed E-state index contributed by atoms with van der Waals surface area (Å²) in [5.74, 6) is -0.0625. The lowest BCUT2D eigenvalue weighted by Crippen LogP contribution is -2.20. The van der Waals surface area contributed by atoms with Gasteiger partial charge in [-0.1, -0.05) is 12.2 Å². The highest BCUT2D eigenvalue weighted by molar-refractivity contribution is 7.80. The first-order valence-corrected chi connectivity index (χ1v) is 3.14. The standard InChI is InChI=1S/C6H6O2S/c7-4-1-5(8)3-6(9)2-4/h1-3H2. The average molecular weight is 142 g/mol. The number of carbonyl (C=O) groups excluding carboxylic acids is 2. The zero-order valence-corrected chi connectivity index (χ0v) is 5.66. The van der Waals surface area contributed by atoms with Crippen LogP contribution in [0.25, 0.3) is 0 Å². The fourth-order valence-corrected chi connectivity index (χ4v) is 1.17. The summed E-state index contributed by atoms with van der Waals surface area (Å²) >= 11 is 4.72. The molecular formula is C6H6O2S. The summed E-state index contributed by atoms with van der Waals surface area (Å²) in [5.41, 5.74) is 0. The first kappa shape index (κ1) is 6.55. The molecule has 9 heavy (non-hydrogen) atoms. The molecule has 0 amide bonds. The molecule has 0 saturated heterocycles. The molecule has 0 unspecified atom stereocenters. The third-order valence-corrected chi connectivity index (χ3v) is 1.47. The van der Waals surface area contributed by atoms with Crippen molar-refractivity contribution < 1.29 is 9.59 Å². The van der Waals surface area contributed by atoms with Crippen molar-refractivity contribution in [1.82, 2.24) is 0 Å². The number of carbonyl (C=O) groups is 2. The van der Waals surface area contributed by atoms with Crippen LogP contribution in [0, 0.1) is 0 Å². The van der Waals surface area contributed by atoms with Gasteiger partial charge in [0.15, 0.2) is 0 Å². The van der Waals surface area contributed by atoms with Crippen molar-refractivity contribution >= 4 is 28.6 Å². The number of rotatable bonds is 0. The Kier molecular flexibility index (Phi) is 1.71. The number of Topliss-reactive ketones (excluding diaryl/α,β-unsaturated/α-hetero) is 2. The van der Waals surface area contributed by atoms with Gasteiger partial charge in [-0.15, -0.1) is 0 Å². The summed E-state index contributed by atoms with van der Waals surface area (Å²) in [6.07, 6.45) is 0.766. The maximum atomic E-state index is 10.6. The van der Waals surface area contributed by atoms with Gasteiger partial charge in [-0.2, -0.15) is 0 Å². The molecule has 0 bridgehead atoms. The Morgan fingerprint density at radius 2 is 1.44 bits per heavy atom. The van der Waals surface area contributed by atoms with Gasteiger partial charge in [0.25, 0.3) is 0 Å². The number of hydrogen-bond donors (Lipinski definition) is 0. The van der Waals surface area contributed by atoms with E-state index in [-0.39, 0.29) is 18.0 Å². The van der Waals surface area contributed by atoms with E-state index in [2.05, 4.69) is 0 Å². The summed E-state index contributed by atoms with van der Waals surface area (Å²) in [6, 6.07) is 0. The molecule has 1 rings (SSSR count). The Hall–Kier alpha value is -0.570. The van der Waals surface area contributed by atoms with Crippen molar-refractivity contribution in [3.05, 3.63) is 0 Å². The zero-order valence-electron chi connectivity index (χ0n) is 4.85. The van der Waals surface area contributed by atoms with Crippen molar-refractivity contribution in [1.29, 1.82) is 0 Å². The van der Waals surface area contributed by atoms with Gasteiger partial charge in [-0.05, 0) is 0 Å². The highest BCUT2D eigenvalue weighted by atomic mass is 32.1. The van der Waals surface area contributed by atoms with Gasteiger partial charge >= 0.3 is 0 Å². The van der Waals surface area contributed by atoms with Crippen LogP contribution in [0.2, 0.25) is 0 Å². The Labute approximate surface area is 58.2 Å². The summed E-state index contributed by atoms with van der Waals surface area (Å²) in [5, 5.41) is 0. The Balaban J connectivity index is 2.64. The second-order valence-electron chi connectivity index (χ2n) is 2.15. The van der Waals surface area contributed by atoms with Gasteiger partial charge in [0.05, 0.1) is 6.42 Å². The normalized spacial score (nSPS) is 20.7. The monoisotopic (exact) mass is 142 g/mol. The maximum Gasteiger partial charge on any atom is 0.145 e. The minimum atomic E-state index is -0.0312. The van der Waals surface area contributed by atoms with Crippen LogP contribution in [0.4, 0.5) is 0 Å². The Morgan fingerprint density at radius 1 is 1.00 bits per heavy atom. The summed E-state index contributed by atoms with van der Waals surface area (Å²) in [7, 11) is 0. The predicted molar refractivity (Wildman–Crippen MR) is 36.5 cm³/mol. The molecule has 1 aliphatic rings. The van der Waals surface area contributed by atoms with Crippen molar-refractivity contribution in [2.75, 3.05) is 0 Å². The second kappa shape index (κ2) is 2.35. The van der Waals surface area contributed by atoms with E-state index in [0.717, 1.165) is 0 Å². The topological polar surface area (TPSA) is 34.1 Å². The molecule has 0 atom stereocenters. The summed E-state index contributed by atoms with van der Waals surface area (Å²) < 4.78 is 0. The van der Waals surface area contributed by atoms with Crippen LogP contribution < -0.4 is 0 Å². The van der Waals surface area contributed by atoms with Gasteiger partial charge in [-0.25, -0.2) is 0 Å². The Morgan fingerprint density at radius 3 is 1.78 bits per heavy atom. The summed E-state index contributed by atoms with van der Waals surface area (Å²) in [4.78, 5) is 21.7. The van der Waals surface area contributed by atoms with Crippen LogP contribution in [-0.4, -0.2) is 16.4 Å². The molecule has 0 spiro atoms. The third-order valence-electron chi connectivity index (χ3n) is 1.18. The van der Waals surface area contributed by atoms with Gasteiger partial charge in [0.2, 0.25) is 0 Å². The largest absolute Gasteiger partial charge is 0.299 e. The number of hydrogen-bond acceptors (Lipinski definition) is 3. The molecule has 0 aromatic carbocycles. The minimum Gasteiger partial charge on any atom is -0.299 e. The molecule has 1 saturated carbocycles. The molecule has 1 fully saturated rings. The van der Waals surface area contributed by atoms with Crippen LogP contribution in [0.5, 0.6) is 0 Å². The van der Waals surface area contributed by atoms with Crippen molar-refractivity contribution in [3.8, 4) is 0 Å². The molecule has 0 aliphatic heterocycles. The molecule has 0 heterocycles. The lowest BCUT2D eigenvalue weighted by Gasteiger charge is -2.07. The van der Waals surface area contributed by atoms with Crippen LogP contribution in [0.15, 0.2) is 0 Å². The molecule has 0 radical (unpaired) electrons. The molecule has 2 nitrogen and oxygen atoms in total. The van der Waals surface area contributed by atoms with E-state index in [0.29, 0.717) is 17.7 Å². The molecule has 0 aromatic rings. The molecule has 1 aliphatic carbocycles. The lowest BCUT2D eigenvalue weighted by molar-refractivity contribution is -0.126. The lowest BCUT2D eigenvalue weighted by atomic mass is 9.98. The maximum absolute atomic E-state index is 10.6. The van der Waals surface area contributed by atoms with E-state index in [1.54, 1.807) is 0 Å². The van der Waals surface area contributed by atoms with Crippen LogP contribution in [0.1, 0.15) is 19.3 Å². The fourth-order valence-electron chi connectivity index (χ4n) is 0.847. The molecule has 0 N–H and O–H groups in total. The highest BCUT2D eigenvalue weighted by Gasteiger charge is 2.19. The smallest absolute Gasteiger partial charge is 0.145 e. The van der Waals surface area contributed by atoms with Crippen LogP contribution in [0.3, 0.4) is 0 Å². The third kappa shape index (κ3) is 1.68. The van der Waals surface area contributed by atoms with E-state index >= 15 is 0 Å². The predicted octanol–water partition coefficient (Wildman–Crippen LogP) is 0.678. The van der Waals surface area contributed by atoms with Crippen molar-refractivity contribution in [2.24, 2.45) is 0 Å². The van der Waals surface area contributed by atoms with E-state index in [4.69, 9.17) is 12.2 Å². The van der Waals surface area contributed by atoms with E-state index in [1.165, 1.54) is 0 Å². The molecular weight excluding hydrogens is 136 g/mol. The van der Waals surface area contributed by atoms with Crippen LogP contribution in [-0.2, 0) is 9.59 Å². The minimum absolute atomic E-state index is 0.0312. The number of ketones is 2. The SMILES string of the molecule is O=C1CC(=O)CC(=S)C1. The molecule has 3 heteroatoms. The number of thiocarbonyl (C=S) groups is 1. The Bertz CT molecular complexity index is 138. The van der Waals surface area contributed by atoms with E-state index < -0.39 is 0 Å². The first-order chi connectivity index (χ1) is 4.18. The van der Waals surface area contributed by atoms with Crippen molar-refractivity contribution in [2.45, 2.75) is 19.3 Å². The quantitative estimate of drug-likeness (QED) is 0.368. The average Bonchev–Trinajstić information content (AvgIpc) is 1.59. The van der Waals surface area contributed by atoms with E-state index in [9.17, 15) is 9.59 Å². The van der Waals surface area contributed by atoms with Gasteiger partial charge < -0.3 is 0 Å². The van der Waals surface area contributed by atoms with Gasteiger partial charge in [-0.3, -0.25) is 9.59 Å².